The molecule has 1 atom stereocenters. The number of nitrogens with one attached hydrogen (secondary N) is 1. The summed E-state index contributed by atoms with van der Waals surface area (Å²) in [4.78, 5) is 9.78. The maximum atomic E-state index is 5.54. The lowest BCUT2D eigenvalue weighted by atomic mass is 9.90. The number of rotatable bonds is 4. The minimum atomic E-state index is 0. The average Bonchev–Trinajstić information content (AvgIpc) is 3.24. The van der Waals surface area contributed by atoms with Crippen LogP contribution in [0.2, 0.25) is 0 Å². The van der Waals surface area contributed by atoms with E-state index >= 15 is 0 Å². The molecule has 136 valence electrons. The molecule has 0 amide bonds. The number of ether oxygens (including phenoxy) is 1. The van der Waals surface area contributed by atoms with Crippen LogP contribution < -0.4 is 10.2 Å². The first-order valence-corrected chi connectivity index (χ1v) is 9.48. The molecule has 0 aliphatic carbocycles. The standard InChI is InChI=1S/C17H28N4OS.HI/c1-3-18-16(19-13-17(2)6-11-22-14-17)21-9-7-20(8-10-21)15-5-4-12-23-15;/h4-5,12H,3,6-11,13-14H2,1-2H3,(H,18,19);1H. The molecule has 5 nitrogen and oxygen atoms in total. The van der Waals surface area contributed by atoms with Crippen molar-refractivity contribution in [2.45, 2.75) is 20.3 Å². The van der Waals surface area contributed by atoms with Gasteiger partial charge < -0.3 is 19.9 Å². The number of nitrogens with zero attached hydrogens (tertiary/aromatic N) is 3. The van der Waals surface area contributed by atoms with Gasteiger partial charge >= 0.3 is 0 Å². The monoisotopic (exact) mass is 464 g/mol. The van der Waals surface area contributed by atoms with E-state index in [0.29, 0.717) is 0 Å². The third-order valence-corrected chi connectivity index (χ3v) is 5.57. The van der Waals surface area contributed by atoms with E-state index in [0.717, 1.165) is 64.9 Å². The van der Waals surface area contributed by atoms with Crippen molar-refractivity contribution in [3.63, 3.8) is 0 Å². The van der Waals surface area contributed by atoms with E-state index in [9.17, 15) is 0 Å². The van der Waals surface area contributed by atoms with Crippen LogP contribution in [-0.2, 0) is 4.74 Å². The Kier molecular flexibility index (Phi) is 7.61. The summed E-state index contributed by atoms with van der Waals surface area (Å²) in [5.41, 5.74) is 0.208. The minimum absolute atomic E-state index is 0. The smallest absolute Gasteiger partial charge is 0.194 e. The topological polar surface area (TPSA) is 40.1 Å². The molecule has 2 saturated heterocycles. The van der Waals surface area contributed by atoms with E-state index < -0.39 is 0 Å². The van der Waals surface area contributed by atoms with Crippen molar-refractivity contribution < 1.29 is 4.74 Å². The van der Waals surface area contributed by atoms with Crippen LogP contribution in [0.4, 0.5) is 5.00 Å². The third kappa shape index (κ3) is 4.98. The van der Waals surface area contributed by atoms with E-state index in [4.69, 9.17) is 9.73 Å². The van der Waals surface area contributed by atoms with Crippen LogP contribution in [0, 0.1) is 5.41 Å². The van der Waals surface area contributed by atoms with Crippen molar-refractivity contribution in [2.75, 3.05) is 57.4 Å². The zero-order valence-corrected chi connectivity index (χ0v) is 17.8. The molecule has 1 aromatic rings. The summed E-state index contributed by atoms with van der Waals surface area (Å²) in [6.07, 6.45) is 1.11. The Morgan fingerprint density at radius 3 is 2.75 bits per heavy atom. The Morgan fingerprint density at radius 1 is 1.38 bits per heavy atom. The summed E-state index contributed by atoms with van der Waals surface area (Å²) in [6, 6.07) is 4.34. The van der Waals surface area contributed by atoms with E-state index in [1.165, 1.54) is 5.00 Å². The van der Waals surface area contributed by atoms with Crippen LogP contribution in [0.15, 0.2) is 22.5 Å². The van der Waals surface area contributed by atoms with Crippen LogP contribution in [-0.4, -0.2) is 63.3 Å². The number of hydrogen-bond donors (Lipinski definition) is 1. The number of piperazine rings is 1. The molecular weight excluding hydrogens is 435 g/mol. The molecule has 0 spiro atoms. The number of anilines is 1. The van der Waals surface area contributed by atoms with E-state index in [1.807, 2.05) is 11.3 Å². The van der Waals surface area contributed by atoms with Crippen molar-refractivity contribution in [1.82, 2.24) is 10.2 Å². The first-order chi connectivity index (χ1) is 11.2. The van der Waals surface area contributed by atoms with Crippen molar-refractivity contribution in [2.24, 2.45) is 10.4 Å². The van der Waals surface area contributed by atoms with Gasteiger partial charge in [-0.05, 0) is 30.9 Å². The molecule has 24 heavy (non-hydrogen) atoms. The van der Waals surface area contributed by atoms with Crippen molar-refractivity contribution in [3.8, 4) is 0 Å². The normalized spacial score (nSPS) is 24.8. The molecule has 2 aliphatic heterocycles. The third-order valence-electron chi connectivity index (χ3n) is 4.64. The van der Waals surface area contributed by atoms with Crippen LogP contribution >= 0.6 is 35.3 Å². The number of hydrogen-bond acceptors (Lipinski definition) is 4. The average molecular weight is 464 g/mol. The highest BCUT2D eigenvalue weighted by Crippen LogP contribution is 2.28. The molecule has 0 radical (unpaired) electrons. The maximum Gasteiger partial charge on any atom is 0.194 e. The lowest BCUT2D eigenvalue weighted by molar-refractivity contribution is 0.162. The lowest BCUT2D eigenvalue weighted by Crippen LogP contribution is -2.52. The number of guanidine groups is 1. The Balaban J connectivity index is 0.00000208. The van der Waals surface area contributed by atoms with Gasteiger partial charge in [0.15, 0.2) is 5.96 Å². The molecule has 1 aromatic heterocycles. The molecule has 3 heterocycles. The largest absolute Gasteiger partial charge is 0.381 e. The van der Waals surface area contributed by atoms with Crippen LogP contribution in [0.3, 0.4) is 0 Å². The second kappa shape index (κ2) is 9.24. The Bertz CT molecular complexity index is 509. The predicted octanol–water partition coefficient (Wildman–Crippen LogP) is 2.88. The highest BCUT2D eigenvalue weighted by molar-refractivity contribution is 14.0. The predicted molar refractivity (Wildman–Crippen MR) is 113 cm³/mol. The van der Waals surface area contributed by atoms with Gasteiger partial charge in [-0.15, -0.1) is 35.3 Å². The van der Waals surface area contributed by atoms with E-state index in [2.05, 4.69) is 46.5 Å². The summed E-state index contributed by atoms with van der Waals surface area (Å²) in [5, 5.41) is 6.99. The molecule has 2 fully saturated rings. The molecule has 3 rings (SSSR count). The zero-order valence-electron chi connectivity index (χ0n) is 14.7. The number of halogens is 1. The molecule has 1 unspecified atom stereocenters. The van der Waals surface area contributed by atoms with Gasteiger partial charge in [-0.1, -0.05) is 6.92 Å². The molecule has 2 aliphatic rings. The van der Waals surface area contributed by atoms with Gasteiger partial charge in [0.2, 0.25) is 0 Å². The minimum Gasteiger partial charge on any atom is -0.381 e. The van der Waals surface area contributed by atoms with Gasteiger partial charge in [-0.25, -0.2) is 0 Å². The first-order valence-electron chi connectivity index (χ1n) is 8.60. The van der Waals surface area contributed by atoms with E-state index in [-0.39, 0.29) is 29.4 Å². The molecule has 0 saturated carbocycles. The summed E-state index contributed by atoms with van der Waals surface area (Å²) in [7, 11) is 0. The first kappa shape index (κ1) is 19.8. The Labute approximate surface area is 166 Å². The molecule has 0 aromatic carbocycles. The van der Waals surface area contributed by atoms with Gasteiger partial charge in [0.25, 0.3) is 0 Å². The highest BCUT2D eigenvalue weighted by Gasteiger charge is 2.30. The van der Waals surface area contributed by atoms with Gasteiger partial charge in [-0.3, -0.25) is 4.99 Å². The van der Waals surface area contributed by atoms with Gasteiger partial charge in [-0.2, -0.15) is 0 Å². The van der Waals surface area contributed by atoms with Gasteiger partial charge in [0.05, 0.1) is 18.2 Å². The molecule has 1 N–H and O–H groups in total. The molecule has 7 heteroatoms. The van der Waals surface area contributed by atoms with Crippen molar-refractivity contribution in [3.05, 3.63) is 17.5 Å². The van der Waals surface area contributed by atoms with Crippen molar-refractivity contribution >= 4 is 46.3 Å². The van der Waals surface area contributed by atoms with Crippen LogP contribution in [0.1, 0.15) is 20.3 Å². The fourth-order valence-corrected chi connectivity index (χ4v) is 3.90. The summed E-state index contributed by atoms with van der Waals surface area (Å²) in [6.45, 7) is 12.1. The summed E-state index contributed by atoms with van der Waals surface area (Å²) >= 11 is 1.82. The Morgan fingerprint density at radius 2 is 2.17 bits per heavy atom. The SMILES string of the molecule is CCNC(=NCC1(C)CCOC1)N1CCN(c2cccs2)CC1.I. The zero-order chi connectivity index (χ0) is 16.1. The summed E-state index contributed by atoms with van der Waals surface area (Å²) in [5.74, 6) is 1.06. The molecule has 0 bridgehead atoms. The van der Waals surface area contributed by atoms with Crippen molar-refractivity contribution in [1.29, 1.82) is 0 Å². The lowest BCUT2D eigenvalue weighted by Gasteiger charge is -2.37. The number of thiophene rings is 1. The second-order valence-electron chi connectivity index (χ2n) is 6.71. The quantitative estimate of drug-likeness (QED) is 0.423. The number of aliphatic imine (C=N–C) groups is 1. The Hall–Kier alpha value is -0.540. The van der Waals surface area contributed by atoms with Crippen LogP contribution in [0.25, 0.3) is 0 Å². The van der Waals surface area contributed by atoms with E-state index in [1.54, 1.807) is 0 Å². The maximum absolute atomic E-state index is 5.54. The highest BCUT2D eigenvalue weighted by atomic mass is 127. The van der Waals surface area contributed by atoms with Crippen LogP contribution in [0.5, 0.6) is 0 Å². The fourth-order valence-electron chi connectivity index (χ4n) is 3.11. The molecular formula is C17H29IN4OS. The van der Waals surface area contributed by atoms with Gasteiger partial charge in [0, 0.05) is 44.7 Å². The summed E-state index contributed by atoms with van der Waals surface area (Å²) < 4.78 is 5.54. The fraction of sp³-hybridized carbons (Fsp3) is 0.706. The second-order valence-corrected chi connectivity index (χ2v) is 7.63. The van der Waals surface area contributed by atoms with Gasteiger partial charge in [0.1, 0.15) is 0 Å².